The molecule has 3 aromatic carbocycles. The summed E-state index contributed by atoms with van der Waals surface area (Å²) in [5, 5.41) is 6.16. The molecule has 2 aliphatic heterocycles. The third-order valence-electron chi connectivity index (χ3n) is 13.4. The van der Waals surface area contributed by atoms with Gasteiger partial charge in [0.1, 0.15) is 23.5 Å². The van der Waals surface area contributed by atoms with Crippen molar-refractivity contribution < 1.29 is 19.2 Å². The molecule has 12 nitrogen and oxygen atoms in total. The minimum absolute atomic E-state index is 0.00455. The van der Waals surface area contributed by atoms with E-state index in [0.717, 1.165) is 116 Å². The van der Waals surface area contributed by atoms with E-state index in [9.17, 15) is 19.2 Å². The third-order valence-corrected chi connectivity index (χ3v) is 15.7. The zero-order valence-corrected chi connectivity index (χ0v) is 38.0. The molecule has 0 radical (unpaired) electrons. The quantitative estimate of drug-likeness (QED) is 0.0852. The van der Waals surface area contributed by atoms with Crippen molar-refractivity contribution in [3.63, 3.8) is 0 Å². The van der Waals surface area contributed by atoms with Gasteiger partial charge in [0.25, 0.3) is 0 Å². The summed E-state index contributed by atoms with van der Waals surface area (Å²) in [6.07, 6.45) is 10.2. The number of hydrogen-bond acceptors (Lipinski definition) is 8. The number of thiophene rings is 2. The summed E-state index contributed by atoms with van der Waals surface area (Å²) < 4.78 is 0. The van der Waals surface area contributed by atoms with Crippen LogP contribution in [0.2, 0.25) is 0 Å². The van der Waals surface area contributed by atoms with Crippen LogP contribution >= 0.6 is 22.7 Å². The molecule has 2 aliphatic carbocycles. The Labute approximate surface area is 390 Å². The predicted octanol–water partition coefficient (Wildman–Crippen LogP) is 9.79. The predicted molar refractivity (Wildman–Crippen MR) is 256 cm³/mol. The van der Waals surface area contributed by atoms with Gasteiger partial charge in [-0.1, -0.05) is 84.9 Å². The second-order valence-corrected chi connectivity index (χ2v) is 20.0. The largest absolute Gasteiger partial charge is 0.346 e. The Kier molecular flexibility index (Phi) is 11.4. The van der Waals surface area contributed by atoms with Crippen LogP contribution in [0, 0.1) is 11.8 Å². The number of carbonyl (C=O) groups excluding carboxylic acids is 4. The van der Waals surface area contributed by atoms with E-state index >= 15 is 0 Å². The highest BCUT2D eigenvalue weighted by Crippen LogP contribution is 2.44. The lowest BCUT2D eigenvalue weighted by atomic mass is 10.0. The lowest BCUT2D eigenvalue weighted by Gasteiger charge is -2.29. The highest BCUT2D eigenvalue weighted by Gasteiger charge is 2.41. The SMILES string of the molecule is O=C(NC(C(=O)N1CCCC1c1[nH]cnc1-c1ccc(-c2ccc(-c3ccc(-c4nc[nH]c4C4CCCN4C(=O)C(NC(=O)C4CC4)c4ccccc4)s3)cc2)s1)c1ccccc1)C1CC1. The molecule has 2 saturated heterocycles. The van der Waals surface area contributed by atoms with Crippen molar-refractivity contribution in [3.05, 3.63) is 144 Å². The van der Waals surface area contributed by atoms with Crippen LogP contribution in [0.15, 0.2) is 122 Å². The Morgan fingerprint density at radius 1 is 0.515 bits per heavy atom. The molecule has 4 N–H and O–H groups in total. The van der Waals surface area contributed by atoms with E-state index < -0.39 is 12.1 Å². The summed E-state index contributed by atoms with van der Waals surface area (Å²) in [5.74, 6) is -0.297. The minimum Gasteiger partial charge on any atom is -0.346 e. The summed E-state index contributed by atoms with van der Waals surface area (Å²) in [7, 11) is 0. The van der Waals surface area contributed by atoms with Gasteiger partial charge in [-0.15, -0.1) is 22.7 Å². The summed E-state index contributed by atoms with van der Waals surface area (Å²) in [6, 6.07) is 34.4. The average molecular weight is 915 g/mol. The maximum atomic E-state index is 14.3. The van der Waals surface area contributed by atoms with Gasteiger partial charge in [0.05, 0.1) is 45.9 Å². The van der Waals surface area contributed by atoms with Crippen LogP contribution in [0.4, 0.5) is 0 Å². The number of nitrogens with one attached hydrogen (secondary N) is 4. The van der Waals surface area contributed by atoms with Crippen molar-refractivity contribution >= 4 is 46.3 Å². The number of aromatic nitrogens is 4. The molecule has 11 rings (SSSR count). The molecule has 14 heteroatoms. The molecule has 0 spiro atoms. The van der Waals surface area contributed by atoms with Crippen molar-refractivity contribution in [1.82, 2.24) is 40.4 Å². The van der Waals surface area contributed by atoms with Crippen LogP contribution in [-0.2, 0) is 19.2 Å². The van der Waals surface area contributed by atoms with Gasteiger partial charge in [0.15, 0.2) is 0 Å². The Morgan fingerprint density at radius 3 is 1.30 bits per heavy atom. The highest BCUT2D eigenvalue weighted by atomic mass is 32.1. The van der Waals surface area contributed by atoms with Crippen LogP contribution in [0.1, 0.15) is 98.0 Å². The fourth-order valence-corrected chi connectivity index (χ4v) is 11.7. The first-order chi connectivity index (χ1) is 32.4. The van der Waals surface area contributed by atoms with Crippen molar-refractivity contribution in [1.29, 1.82) is 0 Å². The average Bonchev–Trinajstić information content (AvgIpc) is 3.81. The number of benzene rings is 3. The molecule has 4 unspecified atom stereocenters. The summed E-state index contributed by atoms with van der Waals surface area (Å²) in [6.45, 7) is 1.22. The molecule has 4 fully saturated rings. The van der Waals surface area contributed by atoms with E-state index in [2.05, 4.69) is 69.1 Å². The fraction of sp³-hybridized carbons (Fsp3) is 0.308. The number of imidazole rings is 2. The topological polar surface area (TPSA) is 156 Å². The second-order valence-electron chi connectivity index (χ2n) is 17.9. The number of nitrogens with zero attached hydrogens (tertiary/aromatic N) is 4. The van der Waals surface area contributed by atoms with Gasteiger partial charge in [-0.25, -0.2) is 9.97 Å². The maximum absolute atomic E-state index is 14.3. The summed E-state index contributed by atoms with van der Waals surface area (Å²) >= 11 is 3.35. The van der Waals surface area contributed by atoms with Crippen LogP contribution in [0.3, 0.4) is 0 Å². The molecule has 2 saturated carbocycles. The van der Waals surface area contributed by atoms with Gasteiger partial charge >= 0.3 is 0 Å². The molecule has 6 heterocycles. The highest BCUT2D eigenvalue weighted by molar-refractivity contribution is 7.19. The van der Waals surface area contributed by atoms with Crippen molar-refractivity contribution in [2.75, 3.05) is 13.1 Å². The van der Waals surface area contributed by atoms with Gasteiger partial charge in [-0.05, 0) is 97.9 Å². The number of amides is 4. The first kappa shape index (κ1) is 42.0. The van der Waals surface area contributed by atoms with Crippen molar-refractivity contribution in [2.45, 2.75) is 75.5 Å². The maximum Gasteiger partial charge on any atom is 0.250 e. The van der Waals surface area contributed by atoms with Gasteiger partial charge < -0.3 is 30.4 Å². The van der Waals surface area contributed by atoms with Crippen molar-refractivity contribution in [2.24, 2.45) is 11.8 Å². The third kappa shape index (κ3) is 8.39. The summed E-state index contributed by atoms with van der Waals surface area (Å²) in [5.41, 5.74) is 7.30. The number of H-pyrrole nitrogens is 2. The van der Waals surface area contributed by atoms with E-state index in [1.807, 2.05) is 70.5 Å². The van der Waals surface area contributed by atoms with Crippen LogP contribution in [-0.4, -0.2) is 66.5 Å². The number of rotatable bonds is 14. The van der Waals surface area contributed by atoms with Crippen molar-refractivity contribution in [3.8, 4) is 42.0 Å². The lowest BCUT2D eigenvalue weighted by Crippen LogP contribution is -2.43. The first-order valence-electron chi connectivity index (χ1n) is 23.1. The minimum atomic E-state index is -0.738. The standard InChI is InChI=1S/C52H50N8O4S2/c61-49(35-19-20-35)57-43(33-9-3-1-4-10-33)51(63)59-27-7-13-37(59)45-47(55-29-53-45)41-25-23-39(65-41)31-15-17-32(18-16-31)40-24-26-42(66-40)48-46(54-30-56-48)38-14-8-28-60(38)52(64)44(34-11-5-2-6-12-34)58-50(62)36-21-22-36/h1-6,9-12,15-18,23-26,29-30,35-38,43-44H,7-8,13-14,19-22,27-28H2,(H,53,55)(H,54,56)(H,57,61)(H,58,62). The number of hydrogen-bond donors (Lipinski definition) is 4. The molecule has 4 aliphatic rings. The molecule has 4 aromatic heterocycles. The van der Waals surface area contributed by atoms with Gasteiger partial charge in [-0.3, -0.25) is 19.2 Å². The zero-order valence-electron chi connectivity index (χ0n) is 36.3. The molecular formula is C52H50N8O4S2. The van der Waals surface area contributed by atoms with Gasteiger partial charge in [-0.2, -0.15) is 0 Å². The Balaban J connectivity index is 0.784. The Morgan fingerprint density at radius 2 is 0.909 bits per heavy atom. The molecule has 66 heavy (non-hydrogen) atoms. The van der Waals surface area contributed by atoms with Gasteiger partial charge in [0.2, 0.25) is 23.6 Å². The number of likely N-dealkylation sites (tertiary alicyclic amines) is 2. The van der Waals surface area contributed by atoms with E-state index in [0.29, 0.717) is 13.1 Å². The van der Waals surface area contributed by atoms with E-state index in [-0.39, 0.29) is 47.5 Å². The Bertz CT molecular complexity index is 2680. The van der Waals surface area contributed by atoms with E-state index in [1.54, 1.807) is 35.3 Å². The molecule has 0 bridgehead atoms. The van der Waals surface area contributed by atoms with Crippen LogP contribution in [0.25, 0.3) is 42.0 Å². The smallest absolute Gasteiger partial charge is 0.250 e. The van der Waals surface area contributed by atoms with E-state index in [1.165, 1.54) is 0 Å². The molecular weight excluding hydrogens is 865 g/mol. The molecule has 334 valence electrons. The van der Waals surface area contributed by atoms with Crippen LogP contribution in [0.5, 0.6) is 0 Å². The normalized spacial score (nSPS) is 19.2. The second kappa shape index (κ2) is 18.0. The fourth-order valence-electron chi connectivity index (χ4n) is 9.62. The number of aromatic amines is 2. The lowest BCUT2D eigenvalue weighted by molar-refractivity contribution is -0.138. The molecule has 4 amide bonds. The van der Waals surface area contributed by atoms with E-state index in [4.69, 9.17) is 9.97 Å². The zero-order chi connectivity index (χ0) is 44.7. The monoisotopic (exact) mass is 914 g/mol. The van der Waals surface area contributed by atoms with Gasteiger partial charge in [0, 0.05) is 34.7 Å². The Hall–Kier alpha value is -6.64. The first-order valence-corrected chi connectivity index (χ1v) is 24.7. The summed E-state index contributed by atoms with van der Waals surface area (Å²) in [4.78, 5) is 79.0. The number of carbonyl (C=O) groups is 4. The molecule has 4 atom stereocenters. The van der Waals surface area contributed by atoms with Crippen LogP contribution < -0.4 is 10.6 Å². The molecule has 7 aromatic rings.